The predicted octanol–water partition coefficient (Wildman–Crippen LogP) is 0.584. The zero-order valence-electron chi connectivity index (χ0n) is 10.6. The fourth-order valence-corrected chi connectivity index (χ4v) is 3.57. The summed E-state index contributed by atoms with van der Waals surface area (Å²) < 4.78 is 13.7. The van der Waals surface area contributed by atoms with E-state index in [1.165, 1.54) is 27.2 Å². The molecule has 0 aromatic rings. The lowest BCUT2D eigenvalue weighted by atomic mass is 10.0. The van der Waals surface area contributed by atoms with Crippen molar-refractivity contribution >= 4 is 33.7 Å². The average Bonchev–Trinajstić information content (AvgIpc) is 3.00. The standard InChI is InChI=1S/C12H13BrO6/c1-5(14)19-7-4-6(17-2)8-9(10(7)15)12(8,13)11(16)18-3/h4,6,8-9H,1-3H3/t6-,8+,9+,12-/m0/s1. The van der Waals surface area contributed by atoms with Gasteiger partial charge in [0.05, 0.1) is 19.1 Å². The molecular formula is C12H13BrO6. The minimum absolute atomic E-state index is 0.0779. The van der Waals surface area contributed by atoms with Crippen LogP contribution in [-0.2, 0) is 28.6 Å². The van der Waals surface area contributed by atoms with Gasteiger partial charge in [-0.3, -0.25) is 14.4 Å². The van der Waals surface area contributed by atoms with E-state index in [1.54, 1.807) is 0 Å². The third-order valence-electron chi connectivity index (χ3n) is 3.41. The number of carbonyl (C=O) groups excluding carboxylic acids is 3. The van der Waals surface area contributed by atoms with Gasteiger partial charge in [0.15, 0.2) is 5.76 Å². The molecule has 0 heterocycles. The predicted molar refractivity (Wildman–Crippen MR) is 66.3 cm³/mol. The molecule has 0 aromatic carbocycles. The topological polar surface area (TPSA) is 78.9 Å². The van der Waals surface area contributed by atoms with Crippen molar-refractivity contribution in [2.45, 2.75) is 17.4 Å². The zero-order valence-corrected chi connectivity index (χ0v) is 12.2. The third-order valence-corrected chi connectivity index (χ3v) is 4.75. The monoisotopic (exact) mass is 332 g/mol. The van der Waals surface area contributed by atoms with Crippen LogP contribution in [0.2, 0.25) is 0 Å². The molecule has 0 amide bonds. The van der Waals surface area contributed by atoms with E-state index in [2.05, 4.69) is 15.9 Å². The van der Waals surface area contributed by atoms with Crippen LogP contribution in [0.15, 0.2) is 11.8 Å². The number of fused-ring (bicyclic) bond motifs is 1. The number of allylic oxidation sites excluding steroid dienone is 1. The van der Waals surface area contributed by atoms with Crippen LogP contribution in [0.3, 0.4) is 0 Å². The molecule has 7 heteroatoms. The van der Waals surface area contributed by atoms with Gasteiger partial charge in [-0.05, 0) is 6.08 Å². The Labute approximate surface area is 118 Å². The highest BCUT2D eigenvalue weighted by Crippen LogP contribution is 2.63. The van der Waals surface area contributed by atoms with Gasteiger partial charge in [0, 0.05) is 20.0 Å². The highest BCUT2D eigenvalue weighted by molar-refractivity contribution is 9.10. The number of Topliss-reactive ketones (excluding diaryl/α,β-unsaturated/α-hetero) is 1. The highest BCUT2D eigenvalue weighted by Gasteiger charge is 2.76. The van der Waals surface area contributed by atoms with Gasteiger partial charge in [-0.2, -0.15) is 0 Å². The number of carbonyl (C=O) groups is 3. The molecule has 0 unspecified atom stereocenters. The van der Waals surface area contributed by atoms with E-state index >= 15 is 0 Å². The quantitative estimate of drug-likeness (QED) is 0.555. The van der Waals surface area contributed by atoms with Gasteiger partial charge in [-0.15, -0.1) is 0 Å². The van der Waals surface area contributed by atoms with Crippen molar-refractivity contribution in [2.75, 3.05) is 14.2 Å². The van der Waals surface area contributed by atoms with E-state index in [0.29, 0.717) is 0 Å². The molecule has 2 aliphatic rings. The fourth-order valence-electron chi connectivity index (χ4n) is 2.53. The fraction of sp³-hybridized carbons (Fsp3) is 0.583. The molecule has 0 aliphatic heterocycles. The van der Waals surface area contributed by atoms with Gasteiger partial charge in [0.1, 0.15) is 4.32 Å². The highest BCUT2D eigenvalue weighted by atomic mass is 79.9. The zero-order chi connectivity index (χ0) is 14.4. The number of methoxy groups -OCH3 is 2. The first kappa shape index (κ1) is 14.2. The Bertz CT molecular complexity index is 485. The number of ketones is 1. The molecule has 104 valence electrons. The van der Waals surface area contributed by atoms with Crippen LogP contribution in [0.4, 0.5) is 0 Å². The lowest BCUT2D eigenvalue weighted by Crippen LogP contribution is -2.25. The second-order valence-corrected chi connectivity index (χ2v) is 5.76. The van der Waals surface area contributed by atoms with Gasteiger partial charge in [-0.25, -0.2) is 0 Å². The molecule has 0 N–H and O–H groups in total. The first-order valence-electron chi connectivity index (χ1n) is 5.62. The molecule has 2 rings (SSSR count). The summed E-state index contributed by atoms with van der Waals surface area (Å²) in [6.07, 6.45) is 0.937. The molecule has 0 saturated heterocycles. The lowest BCUT2D eigenvalue weighted by molar-refractivity contribution is -0.142. The number of hydrogen-bond donors (Lipinski definition) is 0. The van der Waals surface area contributed by atoms with Crippen LogP contribution in [0.5, 0.6) is 0 Å². The van der Waals surface area contributed by atoms with E-state index in [-0.39, 0.29) is 11.7 Å². The first-order valence-corrected chi connectivity index (χ1v) is 6.41. The van der Waals surface area contributed by atoms with Crippen molar-refractivity contribution in [3.63, 3.8) is 0 Å². The number of hydrogen-bond acceptors (Lipinski definition) is 6. The number of rotatable bonds is 3. The minimum Gasteiger partial charge on any atom is -0.468 e. The molecule has 6 nitrogen and oxygen atoms in total. The molecule has 0 radical (unpaired) electrons. The second-order valence-electron chi connectivity index (χ2n) is 4.45. The van der Waals surface area contributed by atoms with E-state index in [4.69, 9.17) is 14.2 Å². The van der Waals surface area contributed by atoms with Crippen molar-refractivity contribution in [3.8, 4) is 0 Å². The Kier molecular flexibility index (Phi) is 3.53. The minimum atomic E-state index is -1.10. The van der Waals surface area contributed by atoms with Crippen molar-refractivity contribution in [2.24, 2.45) is 11.8 Å². The van der Waals surface area contributed by atoms with E-state index in [9.17, 15) is 14.4 Å². The molecule has 1 saturated carbocycles. The largest absolute Gasteiger partial charge is 0.468 e. The molecule has 0 spiro atoms. The Morgan fingerprint density at radius 3 is 2.47 bits per heavy atom. The summed E-state index contributed by atoms with van der Waals surface area (Å²) in [5.74, 6) is -2.58. The summed E-state index contributed by atoms with van der Waals surface area (Å²) in [5, 5.41) is 0. The summed E-state index contributed by atoms with van der Waals surface area (Å²) in [5.41, 5.74) is 0. The second kappa shape index (κ2) is 4.72. The lowest BCUT2D eigenvalue weighted by Gasteiger charge is -2.17. The molecule has 0 aromatic heterocycles. The summed E-state index contributed by atoms with van der Waals surface area (Å²) in [4.78, 5) is 34.9. The van der Waals surface area contributed by atoms with Crippen LogP contribution in [0.25, 0.3) is 0 Å². The Balaban J connectivity index is 2.31. The Morgan fingerprint density at radius 2 is 2.00 bits per heavy atom. The molecular weight excluding hydrogens is 320 g/mol. The first-order chi connectivity index (χ1) is 8.87. The molecule has 0 bridgehead atoms. The van der Waals surface area contributed by atoms with Gasteiger partial charge >= 0.3 is 11.9 Å². The Hall–Kier alpha value is -1.21. The maximum Gasteiger partial charge on any atom is 0.323 e. The van der Waals surface area contributed by atoms with Crippen LogP contribution < -0.4 is 0 Å². The maximum absolute atomic E-state index is 12.2. The smallest absolute Gasteiger partial charge is 0.323 e. The molecule has 2 aliphatic carbocycles. The number of alkyl halides is 1. The van der Waals surface area contributed by atoms with E-state index < -0.39 is 34.1 Å². The maximum atomic E-state index is 12.2. The SMILES string of the molecule is COC(=O)[C@]1(Br)[C@@H]2[C@@H](OC)C=C(OC(C)=O)C(=O)[C@@H]21. The molecule has 19 heavy (non-hydrogen) atoms. The third kappa shape index (κ3) is 2.01. The number of halogens is 1. The summed E-state index contributed by atoms with van der Waals surface area (Å²) >= 11 is 3.27. The van der Waals surface area contributed by atoms with Crippen LogP contribution in [0, 0.1) is 11.8 Å². The molecule has 4 atom stereocenters. The van der Waals surface area contributed by atoms with E-state index in [1.807, 2.05) is 0 Å². The number of esters is 2. The Morgan fingerprint density at radius 1 is 1.37 bits per heavy atom. The van der Waals surface area contributed by atoms with Crippen molar-refractivity contribution in [1.29, 1.82) is 0 Å². The van der Waals surface area contributed by atoms with Crippen molar-refractivity contribution in [3.05, 3.63) is 11.8 Å². The van der Waals surface area contributed by atoms with Gasteiger partial charge in [-0.1, -0.05) is 15.9 Å². The van der Waals surface area contributed by atoms with Crippen LogP contribution >= 0.6 is 15.9 Å². The van der Waals surface area contributed by atoms with E-state index in [0.717, 1.165) is 0 Å². The van der Waals surface area contributed by atoms with Crippen LogP contribution in [0.1, 0.15) is 6.92 Å². The molecule has 1 fully saturated rings. The number of ether oxygens (including phenoxy) is 3. The normalized spacial score (nSPS) is 36.1. The summed E-state index contributed by atoms with van der Waals surface area (Å²) in [6.45, 7) is 1.20. The van der Waals surface area contributed by atoms with Crippen molar-refractivity contribution < 1.29 is 28.6 Å². The van der Waals surface area contributed by atoms with Crippen molar-refractivity contribution in [1.82, 2.24) is 0 Å². The summed E-state index contributed by atoms with van der Waals surface area (Å²) in [6, 6.07) is 0. The van der Waals surface area contributed by atoms with Crippen LogP contribution in [-0.4, -0.2) is 42.4 Å². The van der Waals surface area contributed by atoms with Gasteiger partial charge in [0.2, 0.25) is 5.78 Å². The van der Waals surface area contributed by atoms with Gasteiger partial charge in [0.25, 0.3) is 0 Å². The van der Waals surface area contributed by atoms with Gasteiger partial charge < -0.3 is 14.2 Å². The average molecular weight is 333 g/mol. The summed E-state index contributed by atoms with van der Waals surface area (Å²) in [7, 11) is 2.71.